The van der Waals surface area contributed by atoms with Crippen LogP contribution in [0, 0.1) is 18.3 Å². The van der Waals surface area contributed by atoms with Gasteiger partial charge in [0.1, 0.15) is 22.4 Å². The van der Waals surface area contributed by atoms with Gasteiger partial charge in [0.25, 0.3) is 5.91 Å². The molecule has 0 bridgehead atoms. The smallest absolute Gasteiger partial charge is 0.269 e. The number of halogens is 1. The molecule has 3 aromatic carbocycles. The fourth-order valence-corrected chi connectivity index (χ4v) is 5.16. The number of rotatable bonds is 6. The summed E-state index contributed by atoms with van der Waals surface area (Å²) >= 11 is 7.50. The number of nitrogens with zero attached hydrogens (tertiary/aromatic N) is 2. The van der Waals surface area contributed by atoms with E-state index < -0.39 is 11.2 Å². The molecule has 1 saturated heterocycles. The van der Waals surface area contributed by atoms with Gasteiger partial charge >= 0.3 is 0 Å². The van der Waals surface area contributed by atoms with Crippen molar-refractivity contribution < 1.29 is 14.3 Å². The summed E-state index contributed by atoms with van der Waals surface area (Å²) < 4.78 is 5.14. The Balaban J connectivity index is 1.69. The molecule has 0 aliphatic carbocycles. The number of nitriles is 1. The molecule has 176 valence electrons. The molecule has 0 aromatic heterocycles. The molecule has 0 radical (unpaired) electrons. The van der Waals surface area contributed by atoms with E-state index in [1.165, 1.54) is 16.7 Å². The zero-order valence-electron chi connectivity index (χ0n) is 19.1. The zero-order valence-corrected chi connectivity index (χ0v) is 20.7. The minimum absolute atomic E-state index is 0.132. The number of nitrogens with one attached hydrogen (secondary N) is 1. The van der Waals surface area contributed by atoms with Crippen LogP contribution >= 0.6 is 23.4 Å². The predicted octanol–water partition coefficient (Wildman–Crippen LogP) is 5.72. The predicted molar refractivity (Wildman–Crippen MR) is 139 cm³/mol. The average molecular weight is 504 g/mol. The highest BCUT2D eigenvalue weighted by Gasteiger charge is 2.40. The number of methoxy groups -OCH3 is 1. The van der Waals surface area contributed by atoms with Crippen molar-refractivity contribution in [2.75, 3.05) is 17.3 Å². The lowest BCUT2D eigenvalue weighted by Crippen LogP contribution is -2.30. The van der Waals surface area contributed by atoms with Crippen molar-refractivity contribution in [3.63, 3.8) is 0 Å². The summed E-state index contributed by atoms with van der Waals surface area (Å²) in [7, 11) is 1.55. The van der Waals surface area contributed by atoms with Gasteiger partial charge in [-0.2, -0.15) is 5.26 Å². The third-order valence-electron chi connectivity index (χ3n) is 5.53. The van der Waals surface area contributed by atoms with Crippen molar-refractivity contribution in [2.24, 2.45) is 0 Å². The topological polar surface area (TPSA) is 82.4 Å². The minimum atomic E-state index is -0.590. The summed E-state index contributed by atoms with van der Waals surface area (Å²) in [5.41, 5.74) is 2.83. The van der Waals surface area contributed by atoms with Gasteiger partial charge in [0.05, 0.1) is 12.4 Å². The fourth-order valence-electron chi connectivity index (χ4n) is 3.64. The number of carbonyl (C=O) groups is 2. The van der Waals surface area contributed by atoms with Crippen molar-refractivity contribution in [3.8, 4) is 11.8 Å². The molecular formula is C27H22ClN3O3S. The highest BCUT2D eigenvalue weighted by Crippen LogP contribution is 2.42. The van der Waals surface area contributed by atoms with E-state index in [0.717, 1.165) is 11.1 Å². The third-order valence-corrected chi connectivity index (χ3v) is 7.20. The zero-order chi connectivity index (χ0) is 24.9. The van der Waals surface area contributed by atoms with E-state index in [-0.39, 0.29) is 11.5 Å². The molecule has 4 rings (SSSR count). The van der Waals surface area contributed by atoms with Crippen LogP contribution in [-0.2, 0) is 16.0 Å². The number of hydrogen-bond donors (Lipinski definition) is 1. The Morgan fingerprint density at radius 1 is 1.14 bits per heavy atom. The van der Waals surface area contributed by atoms with E-state index in [4.69, 9.17) is 16.3 Å². The molecule has 2 amide bonds. The Morgan fingerprint density at radius 3 is 2.49 bits per heavy atom. The van der Waals surface area contributed by atoms with Gasteiger partial charge in [-0.15, -0.1) is 0 Å². The lowest BCUT2D eigenvalue weighted by Gasteiger charge is -2.18. The van der Waals surface area contributed by atoms with Gasteiger partial charge in [-0.25, -0.2) is 0 Å². The van der Waals surface area contributed by atoms with Crippen molar-refractivity contribution >= 4 is 46.6 Å². The van der Waals surface area contributed by atoms with E-state index in [2.05, 4.69) is 5.32 Å². The number of para-hydroxylation sites is 1. The largest absolute Gasteiger partial charge is 0.497 e. The number of aryl methyl sites for hydroxylation is 1. The Labute approximate surface area is 213 Å². The molecule has 1 fully saturated rings. The Kier molecular flexibility index (Phi) is 7.45. The van der Waals surface area contributed by atoms with Crippen LogP contribution in [0.3, 0.4) is 0 Å². The molecule has 0 unspecified atom stereocenters. The molecular weight excluding hydrogens is 482 g/mol. The number of amides is 2. The maximum absolute atomic E-state index is 13.5. The lowest BCUT2D eigenvalue weighted by molar-refractivity contribution is -0.117. The van der Waals surface area contributed by atoms with Gasteiger partial charge in [-0.1, -0.05) is 53.7 Å². The summed E-state index contributed by atoms with van der Waals surface area (Å²) in [4.78, 5) is 28.1. The molecule has 1 aliphatic rings. The van der Waals surface area contributed by atoms with Gasteiger partial charge in [0, 0.05) is 16.4 Å². The SMILES string of the molecule is COc1ccc(NC(=O)/C(C#N)=C2\S[C@H](Cc3ccc(C)c(Cl)c3)C(=O)N2c2ccccc2)cc1. The van der Waals surface area contributed by atoms with Crippen LogP contribution in [0.15, 0.2) is 83.4 Å². The first-order valence-electron chi connectivity index (χ1n) is 10.8. The molecule has 6 nitrogen and oxygen atoms in total. The van der Waals surface area contributed by atoms with Crippen LogP contribution in [-0.4, -0.2) is 24.2 Å². The minimum Gasteiger partial charge on any atom is -0.497 e. The van der Waals surface area contributed by atoms with Crippen LogP contribution in [0.5, 0.6) is 5.75 Å². The Hall–Kier alpha value is -3.73. The molecule has 1 N–H and O–H groups in total. The first-order valence-corrected chi connectivity index (χ1v) is 12.1. The number of anilines is 2. The normalized spacial score (nSPS) is 16.6. The Morgan fingerprint density at radius 2 is 1.86 bits per heavy atom. The summed E-state index contributed by atoms with van der Waals surface area (Å²) in [5.74, 6) is -0.140. The van der Waals surface area contributed by atoms with Crippen LogP contribution < -0.4 is 15.0 Å². The monoisotopic (exact) mass is 503 g/mol. The van der Waals surface area contributed by atoms with Crippen molar-refractivity contribution in [2.45, 2.75) is 18.6 Å². The van der Waals surface area contributed by atoms with Crippen molar-refractivity contribution in [1.82, 2.24) is 0 Å². The van der Waals surface area contributed by atoms with Gasteiger partial charge in [-0.05, 0) is 66.9 Å². The fraction of sp³-hybridized carbons (Fsp3) is 0.148. The third kappa shape index (κ3) is 5.35. The number of hydrogen-bond acceptors (Lipinski definition) is 5. The van der Waals surface area contributed by atoms with Crippen molar-refractivity contribution in [1.29, 1.82) is 5.26 Å². The Bertz CT molecular complexity index is 1330. The van der Waals surface area contributed by atoms with E-state index in [1.54, 1.807) is 55.6 Å². The van der Waals surface area contributed by atoms with Gasteiger partial charge in [0.2, 0.25) is 5.91 Å². The first-order chi connectivity index (χ1) is 16.9. The lowest BCUT2D eigenvalue weighted by atomic mass is 10.1. The molecule has 35 heavy (non-hydrogen) atoms. The standard InChI is InChI=1S/C27H22ClN3O3S/c1-17-8-9-18(14-23(17)28)15-24-26(33)31(20-6-4-3-5-7-20)27(35-24)22(16-29)25(32)30-19-10-12-21(34-2)13-11-19/h3-14,24H,15H2,1-2H3,(H,30,32)/b27-22-/t24-/m1/s1. The quantitative estimate of drug-likeness (QED) is 0.343. The maximum atomic E-state index is 13.5. The summed E-state index contributed by atoms with van der Waals surface area (Å²) in [5, 5.41) is 13.1. The van der Waals surface area contributed by atoms with E-state index in [0.29, 0.717) is 33.6 Å². The molecule has 0 spiro atoms. The summed E-state index contributed by atoms with van der Waals surface area (Å²) in [6.45, 7) is 1.92. The van der Waals surface area contributed by atoms with E-state index in [1.807, 2.05) is 37.3 Å². The van der Waals surface area contributed by atoms with Crippen LogP contribution in [0.1, 0.15) is 11.1 Å². The van der Waals surface area contributed by atoms with Gasteiger partial charge in [-0.3, -0.25) is 14.5 Å². The molecule has 8 heteroatoms. The van der Waals surface area contributed by atoms with Gasteiger partial charge in [0.15, 0.2) is 0 Å². The first kappa shape index (κ1) is 24.4. The van der Waals surface area contributed by atoms with E-state index >= 15 is 0 Å². The molecule has 0 saturated carbocycles. The van der Waals surface area contributed by atoms with Crippen LogP contribution in [0.2, 0.25) is 5.02 Å². The summed E-state index contributed by atoms with van der Waals surface area (Å²) in [6, 6.07) is 23.5. The highest BCUT2D eigenvalue weighted by molar-refractivity contribution is 8.05. The summed E-state index contributed by atoms with van der Waals surface area (Å²) in [6.07, 6.45) is 0.412. The van der Waals surface area contributed by atoms with Gasteiger partial charge < -0.3 is 10.1 Å². The molecule has 1 atom stereocenters. The van der Waals surface area contributed by atoms with Crippen LogP contribution in [0.4, 0.5) is 11.4 Å². The van der Waals surface area contributed by atoms with E-state index in [9.17, 15) is 14.9 Å². The number of carbonyl (C=O) groups excluding carboxylic acids is 2. The highest BCUT2D eigenvalue weighted by atomic mass is 35.5. The molecule has 1 aliphatic heterocycles. The number of benzene rings is 3. The average Bonchev–Trinajstić information content (AvgIpc) is 3.18. The van der Waals surface area contributed by atoms with Crippen LogP contribution in [0.25, 0.3) is 0 Å². The molecule has 1 heterocycles. The number of ether oxygens (including phenoxy) is 1. The van der Waals surface area contributed by atoms with Crippen molar-refractivity contribution in [3.05, 3.63) is 99.5 Å². The second-order valence-electron chi connectivity index (χ2n) is 7.88. The maximum Gasteiger partial charge on any atom is 0.269 e. The second-order valence-corrected chi connectivity index (χ2v) is 9.48. The molecule has 3 aromatic rings. The second kappa shape index (κ2) is 10.7. The number of thioether (sulfide) groups is 1.